The van der Waals surface area contributed by atoms with Crippen LogP contribution in [0.5, 0.6) is 11.5 Å². The molecule has 3 aromatic rings. The van der Waals surface area contributed by atoms with Crippen molar-refractivity contribution < 1.29 is 27.6 Å². The van der Waals surface area contributed by atoms with Gasteiger partial charge in [-0.25, -0.2) is 13.8 Å². The number of hydrazone groups is 1. The minimum atomic E-state index is -4.61. The molecule has 0 radical (unpaired) electrons. The molecular weight excluding hydrogens is 556 g/mol. The van der Waals surface area contributed by atoms with Gasteiger partial charge in [-0.05, 0) is 35.9 Å². The van der Waals surface area contributed by atoms with Crippen LogP contribution in [0.2, 0.25) is 0 Å². The lowest BCUT2D eigenvalue weighted by atomic mass is 10.2. The number of halogens is 1. The van der Waals surface area contributed by atoms with Crippen LogP contribution in [0.15, 0.2) is 81.2 Å². The second kappa shape index (κ2) is 11.6. The van der Waals surface area contributed by atoms with Gasteiger partial charge in [0.1, 0.15) is 18.0 Å². The van der Waals surface area contributed by atoms with Gasteiger partial charge < -0.3 is 9.47 Å². The summed E-state index contributed by atoms with van der Waals surface area (Å²) in [6, 6.07) is 16.2. The highest BCUT2D eigenvalue weighted by Gasteiger charge is 2.34. The summed E-state index contributed by atoms with van der Waals surface area (Å²) in [7, 11) is -1.87. The fourth-order valence-electron chi connectivity index (χ4n) is 3.13. The molecule has 0 atom stereocenters. The molecule has 0 aromatic heterocycles. The number of nitrogens with one attached hydrogen (secondary N) is 1. The lowest BCUT2D eigenvalue weighted by Gasteiger charge is -2.25. The zero-order valence-corrected chi connectivity index (χ0v) is 21.5. The van der Waals surface area contributed by atoms with Crippen molar-refractivity contribution >= 4 is 49.4 Å². The Balaban J connectivity index is 2.00. The smallest absolute Gasteiger partial charge is 0.289 e. The first-order chi connectivity index (χ1) is 17.2. The summed E-state index contributed by atoms with van der Waals surface area (Å²) in [5, 5.41) is 15.4. The van der Waals surface area contributed by atoms with Crippen molar-refractivity contribution in [2.24, 2.45) is 5.10 Å². The molecule has 0 unspecified atom stereocenters. The molecule has 0 spiro atoms. The minimum Gasteiger partial charge on any atom is -0.497 e. The summed E-state index contributed by atoms with van der Waals surface area (Å²) in [5.41, 5.74) is 2.31. The van der Waals surface area contributed by atoms with Crippen molar-refractivity contribution in [3.63, 3.8) is 0 Å². The van der Waals surface area contributed by atoms with Crippen molar-refractivity contribution in [1.82, 2.24) is 5.43 Å². The molecule has 0 saturated heterocycles. The summed E-state index contributed by atoms with van der Waals surface area (Å²) in [6.45, 7) is -0.741. The molecule has 3 aromatic carbocycles. The number of carbonyl (C=O) groups is 1. The van der Waals surface area contributed by atoms with E-state index in [1.54, 1.807) is 24.3 Å². The van der Waals surface area contributed by atoms with Crippen molar-refractivity contribution in [3.8, 4) is 11.5 Å². The number of amides is 1. The van der Waals surface area contributed by atoms with Gasteiger partial charge in [-0.15, -0.1) is 0 Å². The summed E-state index contributed by atoms with van der Waals surface area (Å²) in [4.78, 5) is 22.9. The maximum atomic E-state index is 13.7. The Labute approximate surface area is 215 Å². The third-order valence-electron chi connectivity index (χ3n) is 4.85. The van der Waals surface area contributed by atoms with E-state index in [0.29, 0.717) is 11.3 Å². The van der Waals surface area contributed by atoms with E-state index in [1.165, 1.54) is 50.8 Å². The molecule has 0 aliphatic rings. The number of anilines is 1. The number of ether oxygens (including phenoxy) is 2. The van der Waals surface area contributed by atoms with Gasteiger partial charge in [0.2, 0.25) is 0 Å². The highest BCUT2D eigenvalue weighted by molar-refractivity contribution is 9.10. The maximum absolute atomic E-state index is 13.7. The summed E-state index contributed by atoms with van der Waals surface area (Å²) < 4.78 is 39.4. The topological polar surface area (TPSA) is 140 Å². The number of nitro groups is 1. The standard InChI is InChI=1S/C23H21BrN4O7S/c1-34-18-11-12-19(21(13-18)35-2)27(36(32,33)22-6-4-3-5-20(22)28(30)31)15-23(29)26-25-14-16-7-9-17(24)10-8-16/h3-14H,15H2,1-2H3,(H,26,29)/b25-14+. The van der Waals surface area contributed by atoms with E-state index < -0.39 is 38.0 Å². The highest BCUT2D eigenvalue weighted by Crippen LogP contribution is 2.37. The molecule has 0 fully saturated rings. The summed E-state index contributed by atoms with van der Waals surface area (Å²) >= 11 is 3.32. The third-order valence-corrected chi connectivity index (χ3v) is 7.18. The quantitative estimate of drug-likeness (QED) is 0.220. The average Bonchev–Trinajstić information content (AvgIpc) is 2.88. The fourth-order valence-corrected chi connectivity index (χ4v) is 4.99. The largest absolute Gasteiger partial charge is 0.497 e. The Kier molecular flexibility index (Phi) is 8.61. The van der Waals surface area contributed by atoms with Crippen LogP contribution >= 0.6 is 15.9 Å². The van der Waals surface area contributed by atoms with E-state index in [1.807, 2.05) is 0 Å². The van der Waals surface area contributed by atoms with E-state index in [9.17, 15) is 23.3 Å². The summed E-state index contributed by atoms with van der Waals surface area (Å²) in [5.74, 6) is -0.340. The van der Waals surface area contributed by atoms with Crippen LogP contribution in [-0.2, 0) is 14.8 Å². The van der Waals surface area contributed by atoms with E-state index in [2.05, 4.69) is 26.5 Å². The lowest BCUT2D eigenvalue weighted by Crippen LogP contribution is -2.40. The van der Waals surface area contributed by atoms with E-state index in [-0.39, 0.29) is 11.4 Å². The van der Waals surface area contributed by atoms with Crippen molar-refractivity contribution in [2.45, 2.75) is 4.90 Å². The fraction of sp³-hybridized carbons (Fsp3) is 0.130. The number of sulfonamides is 1. The molecule has 36 heavy (non-hydrogen) atoms. The monoisotopic (exact) mass is 576 g/mol. The zero-order chi connectivity index (χ0) is 26.3. The number of nitro benzene ring substituents is 1. The number of hydrogen-bond acceptors (Lipinski definition) is 8. The van der Waals surface area contributed by atoms with Crippen molar-refractivity contribution in [1.29, 1.82) is 0 Å². The first kappa shape index (κ1) is 26.6. The van der Waals surface area contributed by atoms with Crippen LogP contribution in [-0.4, -0.2) is 46.2 Å². The number of rotatable bonds is 10. The Morgan fingerprint density at radius 3 is 2.44 bits per heavy atom. The van der Waals surface area contributed by atoms with Gasteiger partial charge in [-0.1, -0.05) is 40.2 Å². The molecule has 0 aliphatic carbocycles. The van der Waals surface area contributed by atoms with E-state index in [4.69, 9.17) is 9.47 Å². The normalized spacial score (nSPS) is 11.2. The Bertz CT molecular complexity index is 1400. The van der Waals surface area contributed by atoms with Gasteiger partial charge in [0.15, 0.2) is 4.90 Å². The number of nitrogens with zero attached hydrogens (tertiary/aromatic N) is 3. The Morgan fingerprint density at radius 2 is 1.81 bits per heavy atom. The predicted molar refractivity (Wildman–Crippen MR) is 137 cm³/mol. The van der Waals surface area contributed by atoms with Gasteiger partial charge in [0.05, 0.1) is 31.0 Å². The molecule has 0 bridgehead atoms. The van der Waals surface area contributed by atoms with Crippen molar-refractivity contribution in [3.05, 3.63) is 86.9 Å². The second-order valence-electron chi connectivity index (χ2n) is 7.12. The molecule has 11 nitrogen and oxygen atoms in total. The van der Waals surface area contributed by atoms with Gasteiger partial charge in [0, 0.05) is 16.6 Å². The van der Waals surface area contributed by atoms with Crippen LogP contribution in [0.1, 0.15) is 5.56 Å². The molecule has 3 rings (SSSR count). The Hall–Kier alpha value is -3.97. The van der Waals surface area contributed by atoms with Crippen LogP contribution in [0.25, 0.3) is 0 Å². The van der Waals surface area contributed by atoms with Gasteiger partial charge in [-0.3, -0.25) is 19.2 Å². The van der Waals surface area contributed by atoms with Crippen LogP contribution in [0, 0.1) is 10.1 Å². The van der Waals surface area contributed by atoms with Gasteiger partial charge >= 0.3 is 0 Å². The molecule has 0 heterocycles. The number of carbonyl (C=O) groups excluding carboxylic acids is 1. The number of benzene rings is 3. The number of methoxy groups -OCH3 is 2. The van der Waals surface area contributed by atoms with Crippen LogP contribution in [0.3, 0.4) is 0 Å². The summed E-state index contributed by atoms with van der Waals surface area (Å²) in [6.07, 6.45) is 1.39. The first-order valence-electron chi connectivity index (χ1n) is 10.2. The average molecular weight is 577 g/mol. The SMILES string of the molecule is COc1ccc(N(CC(=O)N/N=C/c2ccc(Br)cc2)S(=O)(=O)c2ccccc2[N+](=O)[O-])c(OC)c1. The molecular formula is C23H21BrN4O7S. The Morgan fingerprint density at radius 1 is 1.11 bits per heavy atom. The highest BCUT2D eigenvalue weighted by atomic mass is 79.9. The molecule has 0 aliphatic heterocycles. The molecule has 0 saturated carbocycles. The minimum absolute atomic E-state index is 0.0245. The number of para-hydroxylation sites is 1. The first-order valence-corrected chi connectivity index (χ1v) is 12.5. The molecule has 188 valence electrons. The van der Waals surface area contributed by atoms with Gasteiger partial charge in [-0.2, -0.15) is 5.10 Å². The van der Waals surface area contributed by atoms with Crippen LogP contribution < -0.4 is 19.2 Å². The van der Waals surface area contributed by atoms with E-state index in [0.717, 1.165) is 20.9 Å². The molecule has 1 amide bonds. The maximum Gasteiger partial charge on any atom is 0.289 e. The third kappa shape index (κ3) is 6.17. The second-order valence-corrected chi connectivity index (χ2v) is 9.87. The van der Waals surface area contributed by atoms with Crippen molar-refractivity contribution in [2.75, 3.05) is 25.1 Å². The van der Waals surface area contributed by atoms with Gasteiger partial charge in [0.25, 0.3) is 21.6 Å². The predicted octanol–water partition coefficient (Wildman–Crippen LogP) is 3.72. The lowest BCUT2D eigenvalue weighted by molar-refractivity contribution is -0.387. The molecule has 13 heteroatoms. The zero-order valence-electron chi connectivity index (χ0n) is 19.1. The van der Waals surface area contributed by atoms with Crippen LogP contribution in [0.4, 0.5) is 11.4 Å². The number of hydrogen-bond donors (Lipinski definition) is 1. The molecule has 1 N–H and O–H groups in total. The van der Waals surface area contributed by atoms with E-state index >= 15 is 0 Å².